The minimum atomic E-state index is -3.69. The highest BCUT2D eigenvalue weighted by Gasteiger charge is 2.40. The van der Waals surface area contributed by atoms with E-state index in [1.165, 1.54) is 25.1 Å². The Morgan fingerprint density at radius 3 is 2.73 bits per heavy atom. The molecule has 0 radical (unpaired) electrons. The zero-order valence-electron chi connectivity index (χ0n) is 19.2. The fraction of sp³-hybridized carbons (Fsp3) is 0.478. The van der Waals surface area contributed by atoms with Crippen molar-refractivity contribution in [3.05, 3.63) is 42.4 Å². The van der Waals surface area contributed by atoms with E-state index in [-0.39, 0.29) is 35.3 Å². The molecule has 2 aliphatic heterocycles. The summed E-state index contributed by atoms with van der Waals surface area (Å²) in [6, 6.07) is 7.94. The summed E-state index contributed by atoms with van der Waals surface area (Å²) in [5.41, 5.74) is 1.24. The second-order valence-electron chi connectivity index (χ2n) is 8.82. The minimum Gasteiger partial charge on any atom is -0.469 e. The van der Waals surface area contributed by atoms with Gasteiger partial charge in [-0.05, 0) is 56.5 Å². The average molecular weight is 475 g/mol. The van der Waals surface area contributed by atoms with Crippen LogP contribution in [0.4, 0.5) is 11.4 Å². The summed E-state index contributed by atoms with van der Waals surface area (Å²) < 4.78 is 31.9. The van der Waals surface area contributed by atoms with Crippen molar-refractivity contribution in [3.8, 4) is 0 Å². The number of hydrogen-bond acceptors (Lipinski definition) is 6. The molecule has 2 amide bonds. The fourth-order valence-electron chi connectivity index (χ4n) is 4.52. The van der Waals surface area contributed by atoms with Crippen LogP contribution in [0.15, 0.2) is 45.9 Å². The SMILES string of the molecule is CC(Cc1ccco1)NC(=O)CN1C(=O)C2CCCCN2c2ccc(S(=O)(=O)N(C)C)cc21. The molecule has 4 rings (SSSR count). The lowest BCUT2D eigenvalue weighted by Crippen LogP contribution is -2.57. The second kappa shape index (κ2) is 9.18. The first-order chi connectivity index (χ1) is 15.7. The first kappa shape index (κ1) is 23.3. The first-order valence-corrected chi connectivity index (χ1v) is 12.6. The van der Waals surface area contributed by atoms with Gasteiger partial charge in [-0.2, -0.15) is 0 Å². The molecular weight excluding hydrogens is 444 g/mol. The van der Waals surface area contributed by atoms with Crippen molar-refractivity contribution in [2.24, 2.45) is 0 Å². The van der Waals surface area contributed by atoms with Crippen molar-refractivity contribution < 1.29 is 22.4 Å². The molecule has 1 fully saturated rings. The van der Waals surface area contributed by atoms with Crippen LogP contribution in [0.3, 0.4) is 0 Å². The molecule has 0 spiro atoms. The number of piperidine rings is 1. The smallest absolute Gasteiger partial charge is 0.250 e. The zero-order chi connectivity index (χ0) is 23.8. The van der Waals surface area contributed by atoms with Crippen molar-refractivity contribution in [3.63, 3.8) is 0 Å². The molecule has 9 nitrogen and oxygen atoms in total. The van der Waals surface area contributed by atoms with Gasteiger partial charge in [0.1, 0.15) is 18.3 Å². The molecule has 2 aromatic rings. The number of nitrogens with zero attached hydrogens (tertiary/aromatic N) is 3. The number of nitrogens with one attached hydrogen (secondary N) is 1. The number of rotatable bonds is 7. The molecule has 0 aliphatic carbocycles. The molecule has 0 bridgehead atoms. The predicted molar refractivity (Wildman–Crippen MR) is 125 cm³/mol. The quantitative estimate of drug-likeness (QED) is 0.658. The summed E-state index contributed by atoms with van der Waals surface area (Å²) in [7, 11) is -0.762. The number of benzene rings is 1. The Bertz CT molecular complexity index is 1130. The van der Waals surface area contributed by atoms with Crippen LogP contribution in [0, 0.1) is 0 Å². The maximum absolute atomic E-state index is 13.4. The van der Waals surface area contributed by atoms with Crippen LogP contribution in [0.5, 0.6) is 0 Å². The van der Waals surface area contributed by atoms with Crippen molar-refractivity contribution in [2.45, 2.75) is 49.6 Å². The number of anilines is 2. The Morgan fingerprint density at radius 1 is 1.24 bits per heavy atom. The molecule has 1 aromatic heterocycles. The van der Waals surface area contributed by atoms with Crippen LogP contribution in [0.1, 0.15) is 31.9 Å². The van der Waals surface area contributed by atoms with Gasteiger partial charge >= 0.3 is 0 Å². The summed E-state index contributed by atoms with van der Waals surface area (Å²) in [5, 5.41) is 2.92. The highest BCUT2D eigenvalue weighted by atomic mass is 32.2. The predicted octanol–water partition coefficient (Wildman–Crippen LogP) is 1.98. The number of fused-ring (bicyclic) bond motifs is 3. The summed E-state index contributed by atoms with van der Waals surface area (Å²) in [4.78, 5) is 29.9. The lowest BCUT2D eigenvalue weighted by atomic mass is 9.96. The third-order valence-corrected chi connectivity index (χ3v) is 7.99. The Morgan fingerprint density at radius 2 is 2.03 bits per heavy atom. The molecule has 2 aliphatic rings. The molecule has 2 atom stereocenters. The monoisotopic (exact) mass is 474 g/mol. The third-order valence-electron chi connectivity index (χ3n) is 6.18. The lowest BCUT2D eigenvalue weighted by Gasteiger charge is -2.45. The van der Waals surface area contributed by atoms with Crippen LogP contribution in [0.25, 0.3) is 0 Å². The Kier molecular flexibility index (Phi) is 6.49. The third kappa shape index (κ3) is 4.63. The van der Waals surface area contributed by atoms with Gasteiger partial charge in [0.15, 0.2) is 0 Å². The van der Waals surface area contributed by atoms with Gasteiger partial charge in [0.05, 0.1) is 22.5 Å². The Hall–Kier alpha value is -2.85. The molecule has 10 heteroatoms. The Labute approximate surface area is 194 Å². The molecule has 1 N–H and O–H groups in total. The number of amides is 2. The lowest BCUT2D eigenvalue weighted by molar-refractivity contribution is -0.125. The number of furan rings is 1. The number of sulfonamides is 1. The Balaban J connectivity index is 1.62. The zero-order valence-corrected chi connectivity index (χ0v) is 20.0. The molecule has 178 valence electrons. The van der Waals surface area contributed by atoms with Gasteiger partial charge in [0.25, 0.3) is 0 Å². The fourth-order valence-corrected chi connectivity index (χ4v) is 5.44. The molecule has 2 unspecified atom stereocenters. The van der Waals surface area contributed by atoms with Crippen LogP contribution >= 0.6 is 0 Å². The van der Waals surface area contributed by atoms with E-state index in [2.05, 4.69) is 5.32 Å². The largest absolute Gasteiger partial charge is 0.469 e. The molecule has 33 heavy (non-hydrogen) atoms. The van der Waals surface area contributed by atoms with Gasteiger partial charge < -0.3 is 14.6 Å². The average Bonchev–Trinajstić information content (AvgIpc) is 3.28. The van der Waals surface area contributed by atoms with Crippen molar-refractivity contribution in [1.82, 2.24) is 9.62 Å². The normalized spacial score (nSPS) is 19.3. The first-order valence-electron chi connectivity index (χ1n) is 11.1. The van der Waals surface area contributed by atoms with Crippen molar-refractivity contribution in [2.75, 3.05) is 37.0 Å². The van der Waals surface area contributed by atoms with E-state index in [1.54, 1.807) is 24.5 Å². The van der Waals surface area contributed by atoms with E-state index in [0.29, 0.717) is 18.5 Å². The number of hydrogen-bond donors (Lipinski definition) is 1. The van der Waals surface area contributed by atoms with E-state index in [0.717, 1.165) is 35.1 Å². The number of carbonyl (C=O) groups is 2. The summed E-state index contributed by atoms with van der Waals surface area (Å²) >= 11 is 0. The molecule has 0 saturated carbocycles. The summed E-state index contributed by atoms with van der Waals surface area (Å²) in [6.45, 7) is 2.42. The molecule has 1 saturated heterocycles. The topological polar surface area (TPSA) is 103 Å². The highest BCUT2D eigenvalue weighted by molar-refractivity contribution is 7.89. The minimum absolute atomic E-state index is 0.0890. The maximum Gasteiger partial charge on any atom is 0.250 e. The van der Waals surface area contributed by atoms with E-state index in [9.17, 15) is 18.0 Å². The van der Waals surface area contributed by atoms with Crippen molar-refractivity contribution >= 4 is 33.2 Å². The standard InChI is InChI=1S/C23H30N4O5S/c1-16(13-17-7-6-12-32-17)24-22(28)15-27-21-14-18(33(30,31)25(2)3)9-10-19(21)26-11-5-4-8-20(26)23(27)29/h6-7,9-10,12,14,16,20H,4-5,8,11,13,15H2,1-3H3,(H,24,28). The van der Waals surface area contributed by atoms with Crippen LogP contribution in [-0.4, -0.2) is 63.8 Å². The molecule has 1 aromatic carbocycles. The van der Waals surface area contributed by atoms with E-state index >= 15 is 0 Å². The highest BCUT2D eigenvalue weighted by Crippen LogP contribution is 2.40. The van der Waals surface area contributed by atoms with Crippen LogP contribution in [0.2, 0.25) is 0 Å². The van der Waals surface area contributed by atoms with Gasteiger partial charge in [-0.1, -0.05) is 0 Å². The van der Waals surface area contributed by atoms with E-state index in [1.807, 2.05) is 17.9 Å². The van der Waals surface area contributed by atoms with Gasteiger partial charge in [-0.3, -0.25) is 14.5 Å². The molecular formula is C23H30N4O5S. The maximum atomic E-state index is 13.4. The summed E-state index contributed by atoms with van der Waals surface area (Å²) in [5.74, 6) is 0.285. The van der Waals surface area contributed by atoms with Gasteiger partial charge in [-0.15, -0.1) is 0 Å². The van der Waals surface area contributed by atoms with Gasteiger partial charge in [-0.25, -0.2) is 12.7 Å². The van der Waals surface area contributed by atoms with Gasteiger partial charge in [0, 0.05) is 33.1 Å². The van der Waals surface area contributed by atoms with Crippen LogP contribution in [-0.2, 0) is 26.0 Å². The summed E-state index contributed by atoms with van der Waals surface area (Å²) in [6.07, 6.45) is 4.73. The van der Waals surface area contributed by atoms with E-state index < -0.39 is 10.0 Å². The second-order valence-corrected chi connectivity index (χ2v) is 11.0. The molecule has 3 heterocycles. The number of carbonyl (C=O) groups excluding carboxylic acids is 2. The van der Waals surface area contributed by atoms with Crippen molar-refractivity contribution in [1.29, 1.82) is 0 Å². The van der Waals surface area contributed by atoms with E-state index in [4.69, 9.17) is 4.42 Å². The van der Waals surface area contributed by atoms with Gasteiger partial charge in [0.2, 0.25) is 21.8 Å². The van der Waals surface area contributed by atoms with Crippen LogP contribution < -0.4 is 15.1 Å².